The van der Waals surface area contributed by atoms with Gasteiger partial charge in [-0.25, -0.2) is 4.79 Å². The number of amides is 1. The zero-order valence-electron chi connectivity index (χ0n) is 13.2. The lowest BCUT2D eigenvalue weighted by atomic mass is 10.0. The Hall–Kier alpha value is -2.53. The summed E-state index contributed by atoms with van der Waals surface area (Å²) in [5.41, 5.74) is 1.60. The molecule has 2 aromatic carbocycles. The van der Waals surface area contributed by atoms with E-state index in [0.717, 1.165) is 11.1 Å². The first-order valence-corrected chi connectivity index (χ1v) is 7.75. The smallest absolute Gasteiger partial charge is 0.328 e. The zero-order valence-corrected chi connectivity index (χ0v) is 13.9. The number of halogens is 1. The van der Waals surface area contributed by atoms with Crippen molar-refractivity contribution in [2.75, 3.05) is 7.11 Å². The normalized spacial score (nSPS) is 11.6. The van der Waals surface area contributed by atoms with Crippen molar-refractivity contribution in [3.05, 3.63) is 64.7 Å². The first-order valence-electron chi connectivity index (χ1n) is 7.37. The minimum Gasteiger partial charge on any atom is -0.508 e. The summed E-state index contributed by atoms with van der Waals surface area (Å²) in [6.45, 7) is 0. The lowest BCUT2D eigenvalue weighted by Gasteiger charge is -2.17. The summed E-state index contributed by atoms with van der Waals surface area (Å²) in [7, 11) is 1.28. The van der Waals surface area contributed by atoms with Crippen LogP contribution in [0.2, 0.25) is 5.02 Å². The van der Waals surface area contributed by atoms with Crippen LogP contribution in [-0.4, -0.2) is 30.1 Å². The Balaban J connectivity index is 2.02. The summed E-state index contributed by atoms with van der Waals surface area (Å²) >= 11 is 5.81. The van der Waals surface area contributed by atoms with Gasteiger partial charge in [0.2, 0.25) is 5.91 Å². The van der Waals surface area contributed by atoms with Crippen LogP contribution < -0.4 is 5.32 Å². The van der Waals surface area contributed by atoms with Crippen molar-refractivity contribution in [1.29, 1.82) is 0 Å². The van der Waals surface area contributed by atoms with Crippen molar-refractivity contribution >= 4 is 23.5 Å². The van der Waals surface area contributed by atoms with Gasteiger partial charge in [-0.3, -0.25) is 4.79 Å². The van der Waals surface area contributed by atoms with Crippen LogP contribution in [0, 0.1) is 0 Å². The number of carbonyl (C=O) groups is 2. The summed E-state index contributed by atoms with van der Waals surface area (Å²) in [5.74, 6) is -0.667. The summed E-state index contributed by atoms with van der Waals surface area (Å²) < 4.78 is 4.75. The third kappa shape index (κ3) is 5.28. The predicted octanol–water partition coefficient (Wildman–Crippen LogP) is 2.49. The quantitative estimate of drug-likeness (QED) is 0.787. The molecular formula is C18H18ClNO4. The van der Waals surface area contributed by atoms with Gasteiger partial charge in [0.15, 0.2) is 0 Å². The Morgan fingerprint density at radius 2 is 1.67 bits per heavy atom. The monoisotopic (exact) mass is 347 g/mol. The number of phenolic OH excluding ortho intramolecular Hbond substituents is 1. The molecule has 2 aromatic rings. The van der Waals surface area contributed by atoms with Crippen molar-refractivity contribution in [3.63, 3.8) is 0 Å². The highest BCUT2D eigenvalue weighted by Crippen LogP contribution is 2.13. The maximum absolute atomic E-state index is 12.2. The highest BCUT2D eigenvalue weighted by atomic mass is 35.5. The van der Waals surface area contributed by atoms with E-state index in [1.54, 1.807) is 36.4 Å². The molecule has 0 heterocycles. The van der Waals surface area contributed by atoms with Gasteiger partial charge in [-0.2, -0.15) is 0 Å². The molecule has 0 aliphatic heterocycles. The molecule has 0 bridgehead atoms. The third-order valence-electron chi connectivity index (χ3n) is 3.48. The molecule has 0 saturated heterocycles. The summed E-state index contributed by atoms with van der Waals surface area (Å²) in [5, 5.41) is 12.6. The van der Waals surface area contributed by atoms with Gasteiger partial charge in [-0.1, -0.05) is 35.9 Å². The van der Waals surface area contributed by atoms with E-state index in [1.807, 2.05) is 0 Å². The summed E-state index contributed by atoms with van der Waals surface area (Å²) in [6.07, 6.45) is 0.416. The van der Waals surface area contributed by atoms with Crippen LogP contribution in [0.4, 0.5) is 0 Å². The Labute approximate surface area is 145 Å². The Bertz CT molecular complexity index is 698. The van der Waals surface area contributed by atoms with Crippen LogP contribution in [0.15, 0.2) is 48.5 Å². The number of hydrogen-bond donors (Lipinski definition) is 2. The number of phenols is 1. The number of nitrogens with one attached hydrogen (secondary N) is 1. The van der Waals surface area contributed by atoms with E-state index < -0.39 is 12.0 Å². The van der Waals surface area contributed by atoms with Gasteiger partial charge >= 0.3 is 5.97 Å². The highest BCUT2D eigenvalue weighted by Gasteiger charge is 2.22. The van der Waals surface area contributed by atoms with Crippen molar-refractivity contribution in [2.24, 2.45) is 0 Å². The molecule has 1 amide bonds. The standard InChI is InChI=1S/C18H18ClNO4/c1-24-18(23)16(10-12-4-8-15(21)9-5-12)20-17(22)11-13-2-6-14(19)7-3-13/h2-9,16,21H,10-11H2,1H3,(H,20,22). The van der Waals surface area contributed by atoms with Crippen LogP contribution >= 0.6 is 11.6 Å². The summed E-state index contributed by atoms with van der Waals surface area (Å²) in [6, 6.07) is 12.6. The van der Waals surface area contributed by atoms with Gasteiger partial charge in [-0.05, 0) is 35.4 Å². The van der Waals surface area contributed by atoms with E-state index in [2.05, 4.69) is 5.32 Å². The Morgan fingerprint density at radius 1 is 1.08 bits per heavy atom. The second-order valence-corrected chi connectivity index (χ2v) is 5.75. The van der Waals surface area contributed by atoms with Crippen molar-refractivity contribution in [3.8, 4) is 5.75 Å². The summed E-state index contributed by atoms with van der Waals surface area (Å²) in [4.78, 5) is 24.1. The molecule has 126 valence electrons. The van der Waals surface area contributed by atoms with Gasteiger partial charge in [0.05, 0.1) is 13.5 Å². The number of hydrogen-bond acceptors (Lipinski definition) is 4. The van der Waals surface area contributed by atoms with E-state index in [1.165, 1.54) is 19.2 Å². The van der Waals surface area contributed by atoms with Crippen LogP contribution in [0.5, 0.6) is 5.75 Å². The van der Waals surface area contributed by atoms with E-state index in [0.29, 0.717) is 5.02 Å². The van der Waals surface area contributed by atoms with Gasteiger partial charge in [0.1, 0.15) is 11.8 Å². The van der Waals surface area contributed by atoms with Crippen LogP contribution in [-0.2, 0) is 27.2 Å². The molecule has 24 heavy (non-hydrogen) atoms. The maximum Gasteiger partial charge on any atom is 0.328 e. The first-order chi connectivity index (χ1) is 11.5. The topological polar surface area (TPSA) is 75.6 Å². The van der Waals surface area contributed by atoms with Gasteiger partial charge in [0.25, 0.3) is 0 Å². The number of methoxy groups -OCH3 is 1. The molecule has 1 unspecified atom stereocenters. The van der Waals surface area contributed by atoms with E-state index in [4.69, 9.17) is 16.3 Å². The number of carbonyl (C=O) groups excluding carboxylic acids is 2. The molecule has 0 fully saturated rings. The van der Waals surface area contributed by atoms with Gasteiger partial charge in [-0.15, -0.1) is 0 Å². The lowest BCUT2D eigenvalue weighted by molar-refractivity contribution is -0.145. The molecule has 2 N–H and O–H groups in total. The predicted molar refractivity (Wildman–Crippen MR) is 90.9 cm³/mol. The number of ether oxygens (including phenoxy) is 1. The average Bonchev–Trinajstić information content (AvgIpc) is 2.57. The molecule has 5 nitrogen and oxygen atoms in total. The van der Waals surface area contributed by atoms with Crippen molar-refractivity contribution in [2.45, 2.75) is 18.9 Å². The second kappa shape index (κ2) is 8.36. The van der Waals surface area contributed by atoms with Crippen LogP contribution in [0.3, 0.4) is 0 Å². The molecule has 6 heteroatoms. The third-order valence-corrected chi connectivity index (χ3v) is 3.73. The van der Waals surface area contributed by atoms with Crippen LogP contribution in [0.1, 0.15) is 11.1 Å². The van der Waals surface area contributed by atoms with E-state index in [9.17, 15) is 14.7 Å². The van der Waals surface area contributed by atoms with E-state index in [-0.39, 0.29) is 24.5 Å². The Morgan fingerprint density at radius 3 is 2.25 bits per heavy atom. The number of rotatable bonds is 6. The molecule has 2 rings (SSSR count). The first kappa shape index (κ1) is 17.8. The molecular weight excluding hydrogens is 330 g/mol. The molecule has 0 radical (unpaired) electrons. The fourth-order valence-corrected chi connectivity index (χ4v) is 2.36. The number of benzene rings is 2. The zero-order chi connectivity index (χ0) is 17.5. The van der Waals surface area contributed by atoms with Crippen LogP contribution in [0.25, 0.3) is 0 Å². The van der Waals surface area contributed by atoms with E-state index >= 15 is 0 Å². The molecule has 0 saturated carbocycles. The fraction of sp³-hybridized carbons (Fsp3) is 0.222. The largest absolute Gasteiger partial charge is 0.508 e. The minimum atomic E-state index is -0.792. The molecule has 0 aromatic heterocycles. The van der Waals surface area contributed by atoms with Crippen molar-refractivity contribution in [1.82, 2.24) is 5.32 Å². The fourth-order valence-electron chi connectivity index (χ4n) is 2.24. The number of aromatic hydroxyl groups is 1. The maximum atomic E-state index is 12.2. The molecule has 0 spiro atoms. The minimum absolute atomic E-state index is 0.139. The van der Waals surface area contributed by atoms with Gasteiger partial charge < -0.3 is 15.2 Å². The SMILES string of the molecule is COC(=O)C(Cc1ccc(O)cc1)NC(=O)Cc1ccc(Cl)cc1. The molecule has 0 aliphatic carbocycles. The average molecular weight is 348 g/mol. The van der Waals surface area contributed by atoms with Gasteiger partial charge in [0, 0.05) is 11.4 Å². The lowest BCUT2D eigenvalue weighted by Crippen LogP contribution is -2.43. The van der Waals surface area contributed by atoms with Crippen molar-refractivity contribution < 1.29 is 19.4 Å². The number of esters is 1. The second-order valence-electron chi connectivity index (χ2n) is 5.32. The highest BCUT2D eigenvalue weighted by molar-refractivity contribution is 6.30. The molecule has 1 atom stereocenters. The molecule has 0 aliphatic rings. The Kier molecular flexibility index (Phi) is 6.21.